The largest absolute Gasteiger partial charge is 0.417 e. The third-order valence-electron chi connectivity index (χ3n) is 12.4. The molecule has 1 aromatic rings. The minimum atomic E-state index is -2.20. The first-order valence-corrected chi connectivity index (χ1v) is 34.1. The fourth-order valence-corrected chi connectivity index (χ4v) is 9.84. The highest BCUT2D eigenvalue weighted by molar-refractivity contribution is 6.76. The van der Waals surface area contributed by atoms with E-state index in [1.54, 1.807) is 0 Å². The number of aliphatic hydroxyl groups excluding tert-OH is 1. The van der Waals surface area contributed by atoms with Gasteiger partial charge in [0.05, 0.1) is 24.9 Å². The minimum absolute atomic E-state index is 0.0279. The van der Waals surface area contributed by atoms with Crippen LogP contribution in [0.5, 0.6) is 0 Å². The fourth-order valence-electron chi connectivity index (χ4n) is 5.24. The molecule has 0 spiro atoms. The van der Waals surface area contributed by atoms with Gasteiger partial charge in [-0.15, -0.1) is 0 Å². The van der Waals surface area contributed by atoms with Crippen LogP contribution in [0.4, 0.5) is 0 Å². The zero-order valence-corrected chi connectivity index (χ0v) is 43.7. The van der Waals surface area contributed by atoms with Gasteiger partial charge in [-0.3, -0.25) is 0 Å². The lowest BCUT2D eigenvalue weighted by Crippen LogP contribution is -2.52. The Kier molecular flexibility index (Phi) is 22.5. The van der Waals surface area contributed by atoms with Gasteiger partial charge < -0.3 is 32.6 Å². The fraction of sp³-hybridized carbons (Fsp3) is 0.822. The molecular formula is C45H90O7Si4. The maximum Gasteiger partial charge on any atom is 0.192 e. The van der Waals surface area contributed by atoms with Crippen LogP contribution in [0, 0.1) is 0 Å². The molecule has 0 aliphatic heterocycles. The Morgan fingerprint density at radius 3 is 1.68 bits per heavy atom. The van der Waals surface area contributed by atoms with Crippen LogP contribution >= 0.6 is 0 Å². The van der Waals surface area contributed by atoms with Gasteiger partial charge in [0.15, 0.2) is 25.0 Å². The van der Waals surface area contributed by atoms with Gasteiger partial charge in [0.2, 0.25) is 0 Å². The Morgan fingerprint density at radius 1 is 0.625 bits per heavy atom. The summed E-state index contributed by atoms with van der Waals surface area (Å²) in [5.74, 6) is 0. The van der Waals surface area contributed by atoms with E-state index in [2.05, 4.69) is 152 Å². The third-order valence-corrected chi connectivity index (χ3v) is 27.6. The SMILES string of the molecule is CC(C)(C)[Si](C)(C)OCCC/C=C/[C@@H](OCOCC[Si](C)(C)C)[C@@H](O)CC[C@@H](O[Si](C)(C)C(C)(C)C)[C@@H](CCCOCc1ccccc1)O[Si](C)(C)C(C)(C)C. The molecule has 56 heavy (non-hydrogen) atoms. The van der Waals surface area contributed by atoms with Crippen LogP contribution in [0.15, 0.2) is 42.5 Å². The molecule has 11 heteroatoms. The Labute approximate surface area is 350 Å². The molecule has 1 N–H and O–H groups in total. The van der Waals surface area contributed by atoms with E-state index in [0.717, 1.165) is 38.3 Å². The summed E-state index contributed by atoms with van der Waals surface area (Å²) in [6.07, 6.45) is 7.40. The van der Waals surface area contributed by atoms with Gasteiger partial charge in [-0.2, -0.15) is 0 Å². The summed E-state index contributed by atoms with van der Waals surface area (Å²) in [5, 5.41) is 12.1. The van der Waals surface area contributed by atoms with Gasteiger partial charge in [-0.25, -0.2) is 0 Å². The standard InChI is InChI=1S/C45H90O7Si4/c1-43(2,3)54(13,14)50-33-24-20-23-28-40(49-37-48-34-35-53(10,11)12)39(46)30-31-42(52-56(17,18)45(7,8)9)41(51-55(15,16)44(4,5)6)29-25-32-47-36-38-26-21-19-22-27-38/h19,21-23,26-28,39-42,46H,20,24-25,29-37H2,1-18H3/b28-23+/t39-,40+,41+,42+/m0/s1. The molecule has 0 bridgehead atoms. The van der Waals surface area contributed by atoms with E-state index < -0.39 is 45.2 Å². The minimum Gasteiger partial charge on any atom is -0.417 e. The van der Waals surface area contributed by atoms with Crippen LogP contribution in [0.1, 0.15) is 106 Å². The predicted octanol–water partition coefficient (Wildman–Crippen LogP) is 13.0. The first kappa shape index (κ1) is 53.6. The maximum absolute atomic E-state index is 11.9. The topological polar surface area (TPSA) is 75.6 Å². The molecule has 0 aliphatic carbocycles. The van der Waals surface area contributed by atoms with Crippen molar-refractivity contribution in [3.63, 3.8) is 0 Å². The highest BCUT2D eigenvalue weighted by Gasteiger charge is 2.45. The molecule has 7 nitrogen and oxygen atoms in total. The van der Waals surface area contributed by atoms with Gasteiger partial charge in [-0.05, 0) is 105 Å². The second-order valence-corrected chi connectivity index (χ2v) is 41.7. The van der Waals surface area contributed by atoms with Crippen molar-refractivity contribution in [3.05, 3.63) is 48.0 Å². The molecule has 0 saturated carbocycles. The molecule has 0 aromatic heterocycles. The van der Waals surface area contributed by atoms with E-state index in [1.165, 1.54) is 5.56 Å². The monoisotopic (exact) mass is 855 g/mol. The molecule has 1 rings (SSSR count). The van der Waals surface area contributed by atoms with Crippen LogP contribution in [0.2, 0.25) is 80.1 Å². The Balaban J connectivity index is 3.26. The Hall–Kier alpha value is -0.452. The molecule has 0 saturated heterocycles. The molecule has 0 fully saturated rings. The van der Waals surface area contributed by atoms with E-state index >= 15 is 0 Å². The first-order valence-electron chi connectivity index (χ1n) is 21.6. The molecule has 0 heterocycles. The van der Waals surface area contributed by atoms with E-state index in [-0.39, 0.29) is 34.1 Å². The molecule has 1 aromatic carbocycles. The first-order chi connectivity index (χ1) is 25.5. The van der Waals surface area contributed by atoms with Crippen LogP contribution in [0.3, 0.4) is 0 Å². The third kappa shape index (κ3) is 20.7. The molecule has 0 aliphatic rings. The van der Waals surface area contributed by atoms with Crippen LogP contribution in [0.25, 0.3) is 0 Å². The molecular weight excluding hydrogens is 765 g/mol. The number of allylic oxidation sites excluding steroid dienone is 1. The second kappa shape index (κ2) is 23.5. The highest BCUT2D eigenvalue weighted by Crippen LogP contribution is 2.42. The van der Waals surface area contributed by atoms with Crippen LogP contribution in [-0.4, -0.2) is 89.2 Å². The number of hydrogen-bond donors (Lipinski definition) is 1. The van der Waals surface area contributed by atoms with Crippen LogP contribution in [-0.2, 0) is 34.1 Å². The normalized spacial score (nSPS) is 16.3. The molecule has 0 radical (unpaired) electrons. The predicted molar refractivity (Wildman–Crippen MR) is 250 cm³/mol. The number of ether oxygens (including phenoxy) is 3. The van der Waals surface area contributed by atoms with E-state index in [4.69, 9.17) is 27.5 Å². The van der Waals surface area contributed by atoms with E-state index in [0.29, 0.717) is 32.7 Å². The number of aliphatic hydroxyl groups is 1. The van der Waals surface area contributed by atoms with Crippen molar-refractivity contribution in [1.29, 1.82) is 0 Å². The van der Waals surface area contributed by atoms with Gasteiger partial charge in [0, 0.05) is 27.9 Å². The molecule has 328 valence electrons. The van der Waals surface area contributed by atoms with E-state index in [1.807, 2.05) is 12.1 Å². The lowest BCUT2D eigenvalue weighted by Gasteiger charge is -2.45. The Bertz CT molecular complexity index is 1230. The number of rotatable bonds is 27. The lowest BCUT2D eigenvalue weighted by molar-refractivity contribution is -0.108. The van der Waals surface area contributed by atoms with Crippen molar-refractivity contribution in [2.24, 2.45) is 0 Å². The number of benzene rings is 1. The summed E-state index contributed by atoms with van der Waals surface area (Å²) >= 11 is 0. The zero-order chi connectivity index (χ0) is 43.1. The van der Waals surface area contributed by atoms with Gasteiger partial charge in [0.1, 0.15) is 12.9 Å². The molecule has 0 amide bonds. The average Bonchev–Trinajstić information content (AvgIpc) is 3.04. The summed E-state index contributed by atoms with van der Waals surface area (Å²) in [6.45, 7) is 44.4. The zero-order valence-electron chi connectivity index (χ0n) is 39.7. The average molecular weight is 856 g/mol. The van der Waals surface area contributed by atoms with Crippen molar-refractivity contribution < 1.29 is 32.6 Å². The second-order valence-electron chi connectivity index (χ2n) is 21.8. The van der Waals surface area contributed by atoms with Crippen LogP contribution < -0.4 is 0 Å². The van der Waals surface area contributed by atoms with Gasteiger partial charge >= 0.3 is 0 Å². The lowest BCUT2D eigenvalue weighted by atomic mass is 9.99. The highest BCUT2D eigenvalue weighted by atomic mass is 28.4. The summed E-state index contributed by atoms with van der Waals surface area (Å²) in [7, 11) is -7.38. The molecule has 0 unspecified atom stereocenters. The van der Waals surface area contributed by atoms with Crippen molar-refractivity contribution in [3.8, 4) is 0 Å². The summed E-state index contributed by atoms with van der Waals surface area (Å²) in [6, 6.07) is 11.4. The van der Waals surface area contributed by atoms with Crippen molar-refractivity contribution in [2.75, 3.05) is 26.6 Å². The number of hydrogen-bond acceptors (Lipinski definition) is 7. The number of unbranched alkanes of at least 4 members (excludes halogenated alkanes) is 1. The summed E-state index contributed by atoms with van der Waals surface area (Å²) < 4.78 is 39.4. The molecule has 4 atom stereocenters. The summed E-state index contributed by atoms with van der Waals surface area (Å²) in [4.78, 5) is 0. The quantitative estimate of drug-likeness (QED) is 0.0409. The Morgan fingerprint density at radius 2 is 1.16 bits per heavy atom. The van der Waals surface area contributed by atoms with Crippen molar-refractivity contribution in [2.45, 2.75) is 212 Å². The van der Waals surface area contributed by atoms with E-state index in [9.17, 15) is 5.11 Å². The van der Waals surface area contributed by atoms with Gasteiger partial charge in [0.25, 0.3) is 0 Å². The smallest absolute Gasteiger partial charge is 0.192 e. The van der Waals surface area contributed by atoms with Gasteiger partial charge in [-0.1, -0.05) is 124 Å². The summed E-state index contributed by atoms with van der Waals surface area (Å²) in [5.41, 5.74) is 1.18. The maximum atomic E-state index is 11.9. The van der Waals surface area contributed by atoms with Crippen molar-refractivity contribution >= 4 is 33.0 Å². The van der Waals surface area contributed by atoms with Crippen molar-refractivity contribution in [1.82, 2.24) is 0 Å².